The molecule has 0 bridgehead atoms. The van der Waals surface area contributed by atoms with Gasteiger partial charge in [-0.05, 0) is 46.9 Å². The summed E-state index contributed by atoms with van der Waals surface area (Å²) in [6.45, 7) is 2.70. The molecular weight excluding hydrogens is 359 g/mol. The van der Waals surface area contributed by atoms with Gasteiger partial charge in [-0.25, -0.2) is 4.79 Å². The molecule has 2 aliphatic rings. The lowest BCUT2D eigenvalue weighted by molar-refractivity contribution is 0.114. The first kappa shape index (κ1) is 12.6. The number of benzene rings is 1. The van der Waals surface area contributed by atoms with E-state index >= 15 is 0 Å². The van der Waals surface area contributed by atoms with Crippen molar-refractivity contribution < 1.29 is 9.53 Å². The van der Waals surface area contributed by atoms with Gasteiger partial charge in [0.2, 0.25) is 0 Å². The maximum absolute atomic E-state index is 11.9. The zero-order valence-corrected chi connectivity index (χ0v) is 12.4. The number of anilines is 1. The van der Waals surface area contributed by atoms with Crippen molar-refractivity contribution in [2.75, 3.05) is 31.1 Å². The molecule has 0 saturated carbocycles. The highest BCUT2D eigenvalue weighted by molar-refractivity contribution is 14.1. The molecule has 0 unspecified atom stereocenters. The van der Waals surface area contributed by atoms with Crippen LogP contribution in [0.25, 0.3) is 0 Å². The first-order valence-corrected chi connectivity index (χ1v) is 7.16. The van der Waals surface area contributed by atoms with E-state index in [9.17, 15) is 4.79 Å². The number of amides is 1. The van der Waals surface area contributed by atoms with E-state index in [4.69, 9.17) is 4.74 Å². The largest absolute Gasteiger partial charge is 0.442 e. The summed E-state index contributed by atoms with van der Waals surface area (Å²) in [4.78, 5) is 13.5. The minimum Gasteiger partial charge on any atom is -0.442 e. The molecule has 7 heteroatoms. The van der Waals surface area contributed by atoms with Gasteiger partial charge in [0.15, 0.2) is 0 Å². The summed E-state index contributed by atoms with van der Waals surface area (Å²) in [5.41, 5.74) is 0.871. The quantitative estimate of drug-likeness (QED) is 0.766. The normalized spacial score (nSPS) is 22.2. The van der Waals surface area contributed by atoms with Crippen molar-refractivity contribution in [3.8, 4) is 0 Å². The first-order valence-electron chi connectivity index (χ1n) is 6.08. The lowest BCUT2D eigenvalue weighted by Crippen LogP contribution is -2.31. The van der Waals surface area contributed by atoms with Crippen LogP contribution in [0.5, 0.6) is 0 Å². The van der Waals surface area contributed by atoms with E-state index in [0.29, 0.717) is 13.1 Å². The fourth-order valence-electron chi connectivity index (χ4n) is 2.15. The van der Waals surface area contributed by atoms with Crippen LogP contribution in [0.1, 0.15) is 0 Å². The summed E-state index contributed by atoms with van der Waals surface area (Å²) in [5, 5.41) is 9.73. The van der Waals surface area contributed by atoms with Crippen LogP contribution in [0.3, 0.4) is 0 Å². The third kappa shape index (κ3) is 2.80. The second-order valence-corrected chi connectivity index (χ2v) is 5.71. The molecule has 2 aliphatic heterocycles. The summed E-state index contributed by atoms with van der Waals surface area (Å²) in [5.74, 6) is 0. The molecule has 1 aromatic carbocycles. The van der Waals surface area contributed by atoms with Crippen molar-refractivity contribution in [2.24, 2.45) is 10.3 Å². The second-order valence-electron chi connectivity index (χ2n) is 4.46. The molecule has 100 valence electrons. The smallest absolute Gasteiger partial charge is 0.414 e. The third-order valence-corrected chi connectivity index (χ3v) is 3.79. The SMILES string of the molecule is O=C1O[C@@H](CN2CCN=N2)CN1c1ccc(I)cc1. The van der Waals surface area contributed by atoms with Gasteiger partial charge in [0.1, 0.15) is 6.10 Å². The molecule has 1 atom stereocenters. The Kier molecular flexibility index (Phi) is 3.54. The number of rotatable bonds is 3. The molecule has 0 aromatic heterocycles. The molecule has 19 heavy (non-hydrogen) atoms. The molecule has 0 aliphatic carbocycles. The van der Waals surface area contributed by atoms with Crippen LogP contribution in [0.4, 0.5) is 10.5 Å². The first-order chi connectivity index (χ1) is 9.22. The Labute approximate surface area is 124 Å². The Morgan fingerprint density at radius 3 is 2.84 bits per heavy atom. The van der Waals surface area contributed by atoms with Gasteiger partial charge in [0, 0.05) is 9.26 Å². The highest BCUT2D eigenvalue weighted by atomic mass is 127. The van der Waals surface area contributed by atoms with E-state index in [1.807, 2.05) is 29.3 Å². The number of ether oxygens (including phenoxy) is 1. The minimum absolute atomic E-state index is 0.149. The zero-order chi connectivity index (χ0) is 13.2. The number of hydrogen-bond acceptors (Lipinski definition) is 5. The predicted octanol–water partition coefficient (Wildman–Crippen LogP) is 2.30. The Hall–Kier alpha value is -1.38. The summed E-state index contributed by atoms with van der Waals surface area (Å²) in [7, 11) is 0. The van der Waals surface area contributed by atoms with E-state index in [1.165, 1.54) is 0 Å². The molecular formula is C12H13IN4O2. The number of halogens is 1. The van der Waals surface area contributed by atoms with E-state index in [0.717, 1.165) is 22.3 Å². The van der Waals surface area contributed by atoms with Crippen molar-refractivity contribution in [1.29, 1.82) is 0 Å². The fraction of sp³-hybridized carbons (Fsp3) is 0.417. The maximum atomic E-state index is 11.9. The van der Waals surface area contributed by atoms with Crippen LogP contribution in [-0.2, 0) is 4.74 Å². The third-order valence-electron chi connectivity index (χ3n) is 3.07. The highest BCUT2D eigenvalue weighted by Gasteiger charge is 2.33. The molecule has 0 spiro atoms. The summed E-state index contributed by atoms with van der Waals surface area (Å²) >= 11 is 2.24. The molecule has 0 N–H and O–H groups in total. The van der Waals surface area contributed by atoms with Crippen LogP contribution in [-0.4, -0.2) is 43.4 Å². The predicted molar refractivity (Wildman–Crippen MR) is 78.1 cm³/mol. The lowest BCUT2D eigenvalue weighted by atomic mass is 10.2. The molecule has 1 aromatic rings. The van der Waals surface area contributed by atoms with Crippen LogP contribution in [0.2, 0.25) is 0 Å². The minimum atomic E-state index is -0.289. The second kappa shape index (κ2) is 5.32. The van der Waals surface area contributed by atoms with E-state index < -0.39 is 0 Å². The molecule has 1 fully saturated rings. The Morgan fingerprint density at radius 1 is 1.37 bits per heavy atom. The van der Waals surface area contributed by atoms with Gasteiger partial charge in [-0.2, -0.15) is 5.11 Å². The van der Waals surface area contributed by atoms with Crippen LogP contribution in [0, 0.1) is 3.57 Å². The van der Waals surface area contributed by atoms with Gasteiger partial charge in [0.05, 0.1) is 26.2 Å². The average molecular weight is 372 g/mol. The van der Waals surface area contributed by atoms with E-state index in [2.05, 4.69) is 32.9 Å². The standard InChI is InChI=1S/C12H13IN4O2/c13-9-1-3-10(4-2-9)17-8-11(19-12(17)18)7-16-6-5-14-15-16/h1-4,11H,5-8H2/t11-/m0/s1. The van der Waals surface area contributed by atoms with Crippen molar-refractivity contribution in [3.63, 3.8) is 0 Å². The van der Waals surface area contributed by atoms with E-state index in [-0.39, 0.29) is 12.2 Å². The number of hydrogen-bond donors (Lipinski definition) is 0. The van der Waals surface area contributed by atoms with Gasteiger partial charge in [-0.1, -0.05) is 5.22 Å². The van der Waals surface area contributed by atoms with Gasteiger partial charge in [-0.15, -0.1) is 0 Å². The van der Waals surface area contributed by atoms with Crippen molar-refractivity contribution >= 4 is 34.4 Å². The fourth-order valence-corrected chi connectivity index (χ4v) is 2.51. The van der Waals surface area contributed by atoms with Crippen molar-refractivity contribution in [1.82, 2.24) is 5.01 Å². The van der Waals surface area contributed by atoms with Crippen LogP contribution >= 0.6 is 22.6 Å². The number of nitrogens with zero attached hydrogens (tertiary/aromatic N) is 4. The average Bonchev–Trinajstić information content (AvgIpc) is 3.01. The molecule has 6 nitrogen and oxygen atoms in total. The lowest BCUT2D eigenvalue weighted by Gasteiger charge is -2.16. The highest BCUT2D eigenvalue weighted by Crippen LogP contribution is 2.23. The van der Waals surface area contributed by atoms with E-state index in [1.54, 1.807) is 4.90 Å². The monoisotopic (exact) mass is 372 g/mol. The van der Waals surface area contributed by atoms with Crippen molar-refractivity contribution in [3.05, 3.63) is 27.8 Å². The number of carbonyl (C=O) groups excluding carboxylic acids is 1. The molecule has 1 amide bonds. The van der Waals surface area contributed by atoms with Gasteiger partial charge in [-0.3, -0.25) is 9.91 Å². The molecule has 2 heterocycles. The summed E-state index contributed by atoms with van der Waals surface area (Å²) in [6.07, 6.45) is -0.439. The molecule has 3 rings (SSSR count). The van der Waals surface area contributed by atoms with Gasteiger partial charge < -0.3 is 4.74 Å². The molecule has 1 saturated heterocycles. The Morgan fingerprint density at radius 2 is 2.16 bits per heavy atom. The van der Waals surface area contributed by atoms with Crippen LogP contribution in [0.15, 0.2) is 34.6 Å². The van der Waals surface area contributed by atoms with Crippen molar-refractivity contribution in [2.45, 2.75) is 6.10 Å². The summed E-state index contributed by atoms with van der Waals surface area (Å²) in [6, 6.07) is 7.82. The maximum Gasteiger partial charge on any atom is 0.414 e. The van der Waals surface area contributed by atoms with Gasteiger partial charge in [0.25, 0.3) is 0 Å². The topological polar surface area (TPSA) is 57.5 Å². The van der Waals surface area contributed by atoms with Crippen LogP contribution < -0.4 is 4.90 Å². The summed E-state index contributed by atoms with van der Waals surface area (Å²) < 4.78 is 6.50. The number of cyclic esters (lactones) is 1. The molecule has 0 radical (unpaired) electrons. The zero-order valence-electron chi connectivity index (χ0n) is 10.2. The van der Waals surface area contributed by atoms with Gasteiger partial charge >= 0.3 is 6.09 Å². The Balaban J connectivity index is 1.66. The Bertz CT molecular complexity index is 505. The number of carbonyl (C=O) groups is 1.